The third-order valence-electron chi connectivity index (χ3n) is 4.10. The molecule has 0 saturated heterocycles. The summed E-state index contributed by atoms with van der Waals surface area (Å²) in [5, 5.41) is 10.0. The van der Waals surface area contributed by atoms with Crippen LogP contribution in [0.4, 0.5) is 0 Å². The molecule has 1 aliphatic rings. The number of aryl methyl sites for hydroxylation is 1. The predicted octanol–water partition coefficient (Wildman–Crippen LogP) is 3.74. The lowest BCUT2D eigenvalue weighted by Crippen LogP contribution is -2.19. The molecule has 116 valence electrons. The Morgan fingerprint density at radius 3 is 2.57 bits per heavy atom. The van der Waals surface area contributed by atoms with E-state index >= 15 is 0 Å². The second-order valence-corrected chi connectivity index (χ2v) is 6.04. The molecule has 1 heterocycles. The van der Waals surface area contributed by atoms with Gasteiger partial charge in [0.25, 0.3) is 0 Å². The zero-order chi connectivity index (χ0) is 15.4. The number of unbranched alkanes of at least 4 members (excludes halogenated alkanes) is 4. The van der Waals surface area contributed by atoms with Gasteiger partial charge in [-0.05, 0) is 26.2 Å². The molecule has 4 nitrogen and oxygen atoms in total. The summed E-state index contributed by atoms with van der Waals surface area (Å²) < 4.78 is 1.87. The summed E-state index contributed by atoms with van der Waals surface area (Å²) in [4.78, 5) is 24.2. The first kappa shape index (κ1) is 15.8. The Morgan fingerprint density at radius 1 is 1.29 bits per heavy atom. The molecule has 0 amide bonds. The minimum atomic E-state index is -0.446. The lowest BCUT2D eigenvalue weighted by molar-refractivity contribution is 0.0965. The highest BCUT2D eigenvalue weighted by Crippen LogP contribution is 2.38. The highest BCUT2D eigenvalue weighted by Gasteiger charge is 2.30. The molecule has 21 heavy (non-hydrogen) atoms. The SMILES string of the molecule is CCCCCCCC(=O)c1c(O)c(=O)cc(C)n1C1CC1. The summed E-state index contributed by atoms with van der Waals surface area (Å²) in [6.07, 6.45) is 7.79. The van der Waals surface area contributed by atoms with Crippen LogP contribution in [0.5, 0.6) is 5.75 Å². The Kier molecular flexibility index (Phi) is 5.21. The van der Waals surface area contributed by atoms with E-state index in [1.807, 2.05) is 11.5 Å². The Labute approximate surface area is 125 Å². The van der Waals surface area contributed by atoms with Gasteiger partial charge in [0.2, 0.25) is 5.43 Å². The topological polar surface area (TPSA) is 59.3 Å². The Hall–Kier alpha value is -1.58. The summed E-state index contributed by atoms with van der Waals surface area (Å²) >= 11 is 0. The molecule has 0 radical (unpaired) electrons. The van der Waals surface area contributed by atoms with Gasteiger partial charge >= 0.3 is 0 Å². The maximum absolute atomic E-state index is 12.4. The van der Waals surface area contributed by atoms with Crippen molar-refractivity contribution in [2.45, 2.75) is 71.3 Å². The van der Waals surface area contributed by atoms with Crippen molar-refractivity contribution in [3.05, 3.63) is 27.7 Å². The minimum absolute atomic E-state index is 0.100. The van der Waals surface area contributed by atoms with Crippen molar-refractivity contribution in [3.8, 4) is 5.75 Å². The number of hydrogen-bond acceptors (Lipinski definition) is 3. The largest absolute Gasteiger partial charge is 0.503 e. The third kappa shape index (κ3) is 3.74. The second-order valence-electron chi connectivity index (χ2n) is 6.04. The number of nitrogens with zero attached hydrogens (tertiary/aromatic N) is 1. The number of aromatic hydroxyl groups is 1. The van der Waals surface area contributed by atoms with Gasteiger partial charge in [0.05, 0.1) is 0 Å². The van der Waals surface area contributed by atoms with Crippen molar-refractivity contribution in [1.82, 2.24) is 4.57 Å². The highest BCUT2D eigenvalue weighted by molar-refractivity contribution is 5.97. The number of aromatic nitrogens is 1. The van der Waals surface area contributed by atoms with Crippen LogP contribution in [-0.4, -0.2) is 15.5 Å². The summed E-state index contributed by atoms with van der Waals surface area (Å²) in [6, 6.07) is 1.70. The Balaban J connectivity index is 2.14. The van der Waals surface area contributed by atoms with Crippen molar-refractivity contribution >= 4 is 5.78 Å². The summed E-state index contributed by atoms with van der Waals surface area (Å²) in [6.45, 7) is 3.99. The fourth-order valence-corrected chi connectivity index (χ4v) is 2.81. The maximum Gasteiger partial charge on any atom is 0.224 e. The molecule has 0 atom stereocenters. The third-order valence-corrected chi connectivity index (χ3v) is 4.10. The van der Waals surface area contributed by atoms with Crippen molar-refractivity contribution in [2.75, 3.05) is 0 Å². The quantitative estimate of drug-likeness (QED) is 0.586. The fraction of sp³-hybridized carbons (Fsp3) is 0.647. The van der Waals surface area contributed by atoms with Crippen molar-refractivity contribution < 1.29 is 9.90 Å². The average molecular weight is 291 g/mol. The van der Waals surface area contributed by atoms with E-state index in [1.165, 1.54) is 18.9 Å². The molecule has 1 saturated carbocycles. The molecule has 1 aromatic heterocycles. The zero-order valence-corrected chi connectivity index (χ0v) is 13.0. The molecule has 1 N–H and O–H groups in total. The van der Waals surface area contributed by atoms with Crippen molar-refractivity contribution in [3.63, 3.8) is 0 Å². The molecule has 0 spiro atoms. The lowest BCUT2D eigenvalue weighted by atomic mass is 10.1. The molecule has 1 aromatic rings. The van der Waals surface area contributed by atoms with Gasteiger partial charge in [-0.25, -0.2) is 0 Å². The van der Waals surface area contributed by atoms with Crippen molar-refractivity contribution in [1.29, 1.82) is 0 Å². The van der Waals surface area contributed by atoms with Crippen LogP contribution in [0.15, 0.2) is 10.9 Å². The molecule has 0 unspecified atom stereocenters. The number of pyridine rings is 1. The van der Waals surface area contributed by atoms with Crippen LogP contribution in [0.1, 0.15) is 80.5 Å². The normalized spacial score (nSPS) is 14.4. The summed E-state index contributed by atoms with van der Waals surface area (Å²) in [7, 11) is 0. The van der Waals surface area contributed by atoms with E-state index < -0.39 is 5.43 Å². The Bertz CT molecular complexity index is 570. The van der Waals surface area contributed by atoms with Crippen LogP contribution in [0, 0.1) is 6.92 Å². The number of carbonyl (C=O) groups is 1. The Morgan fingerprint density at radius 2 is 1.95 bits per heavy atom. The molecule has 1 aliphatic carbocycles. The number of carbonyl (C=O) groups excluding carboxylic acids is 1. The molecule has 1 fully saturated rings. The fourth-order valence-electron chi connectivity index (χ4n) is 2.81. The molecular formula is C17H25NO3. The van der Waals surface area contributed by atoms with Gasteiger partial charge in [-0.3, -0.25) is 9.59 Å². The van der Waals surface area contributed by atoms with E-state index in [0.29, 0.717) is 6.42 Å². The number of rotatable bonds is 8. The average Bonchev–Trinajstić information content (AvgIpc) is 3.26. The highest BCUT2D eigenvalue weighted by atomic mass is 16.3. The number of ketones is 1. The van der Waals surface area contributed by atoms with E-state index in [0.717, 1.165) is 37.8 Å². The first-order valence-corrected chi connectivity index (χ1v) is 8.04. The van der Waals surface area contributed by atoms with Crippen molar-refractivity contribution in [2.24, 2.45) is 0 Å². The van der Waals surface area contributed by atoms with Gasteiger partial charge in [0.1, 0.15) is 5.69 Å². The van der Waals surface area contributed by atoms with Gasteiger partial charge in [-0.2, -0.15) is 0 Å². The van der Waals surface area contributed by atoms with Gasteiger partial charge in [0.15, 0.2) is 11.5 Å². The predicted molar refractivity (Wildman–Crippen MR) is 83.1 cm³/mol. The summed E-state index contributed by atoms with van der Waals surface area (Å²) in [5.74, 6) is -0.470. The van der Waals surface area contributed by atoms with Crippen LogP contribution in [0.3, 0.4) is 0 Å². The monoisotopic (exact) mass is 291 g/mol. The molecule has 2 rings (SSSR count). The van der Waals surface area contributed by atoms with Gasteiger partial charge in [-0.1, -0.05) is 32.6 Å². The number of Topliss-reactive ketones (excluding diaryl/α,β-unsaturated/α-hetero) is 1. The maximum atomic E-state index is 12.4. The molecule has 0 aliphatic heterocycles. The van der Waals surface area contributed by atoms with E-state index in [1.54, 1.807) is 0 Å². The first-order chi connectivity index (χ1) is 10.1. The van der Waals surface area contributed by atoms with E-state index in [9.17, 15) is 14.7 Å². The van der Waals surface area contributed by atoms with Crippen LogP contribution in [-0.2, 0) is 0 Å². The van der Waals surface area contributed by atoms with E-state index in [-0.39, 0.29) is 23.3 Å². The zero-order valence-electron chi connectivity index (χ0n) is 13.0. The lowest BCUT2D eigenvalue weighted by Gasteiger charge is -2.16. The second kappa shape index (κ2) is 6.92. The van der Waals surface area contributed by atoms with Crippen LogP contribution in [0.25, 0.3) is 0 Å². The first-order valence-electron chi connectivity index (χ1n) is 8.04. The van der Waals surface area contributed by atoms with Gasteiger partial charge in [0, 0.05) is 24.2 Å². The van der Waals surface area contributed by atoms with Gasteiger partial charge in [-0.15, -0.1) is 0 Å². The molecule has 4 heteroatoms. The standard InChI is InChI=1S/C17H25NO3/c1-3-4-5-6-7-8-14(19)16-17(21)15(20)11-12(2)18(16)13-9-10-13/h11,13,21H,3-10H2,1-2H3. The minimum Gasteiger partial charge on any atom is -0.503 e. The van der Waals surface area contributed by atoms with E-state index in [4.69, 9.17) is 0 Å². The number of hydrogen-bond donors (Lipinski definition) is 1. The summed E-state index contributed by atoms with van der Waals surface area (Å²) in [5.41, 5.74) is 0.561. The van der Waals surface area contributed by atoms with Crippen LogP contribution < -0.4 is 5.43 Å². The molecule has 0 bridgehead atoms. The molecule has 0 aromatic carbocycles. The van der Waals surface area contributed by atoms with Crippen LogP contribution in [0.2, 0.25) is 0 Å². The van der Waals surface area contributed by atoms with Crippen LogP contribution >= 0.6 is 0 Å². The van der Waals surface area contributed by atoms with Gasteiger partial charge < -0.3 is 9.67 Å². The smallest absolute Gasteiger partial charge is 0.224 e. The molecular weight excluding hydrogens is 266 g/mol. The van der Waals surface area contributed by atoms with E-state index in [2.05, 4.69) is 6.92 Å².